The van der Waals surface area contributed by atoms with E-state index in [1.54, 1.807) is 5.57 Å². The molecule has 0 saturated heterocycles. The lowest BCUT2D eigenvalue weighted by Crippen LogP contribution is -2.15. The molecule has 38 heavy (non-hydrogen) atoms. The molecule has 0 saturated carbocycles. The van der Waals surface area contributed by atoms with Gasteiger partial charge in [-0.2, -0.15) is 0 Å². The maximum atomic E-state index is 4.52. The Labute approximate surface area is 233 Å². The van der Waals surface area contributed by atoms with E-state index in [2.05, 4.69) is 134 Å². The third-order valence-electron chi connectivity index (χ3n) is 8.15. The third-order valence-corrected chi connectivity index (χ3v) is 8.15. The van der Waals surface area contributed by atoms with Gasteiger partial charge in [-0.15, -0.1) is 0 Å². The molecule has 2 aromatic rings. The fourth-order valence-electron chi connectivity index (χ4n) is 5.90. The van der Waals surface area contributed by atoms with E-state index in [4.69, 9.17) is 0 Å². The quantitative estimate of drug-likeness (QED) is 0.267. The average molecular weight is 505 g/mol. The van der Waals surface area contributed by atoms with Crippen LogP contribution in [0.1, 0.15) is 77.5 Å². The summed E-state index contributed by atoms with van der Waals surface area (Å²) >= 11 is 0. The summed E-state index contributed by atoms with van der Waals surface area (Å²) in [6.07, 6.45) is 14.3. The predicted octanol–water partition coefficient (Wildman–Crippen LogP) is 10.8. The van der Waals surface area contributed by atoms with Crippen LogP contribution in [-0.4, -0.2) is 0 Å². The van der Waals surface area contributed by atoms with Crippen molar-refractivity contribution in [1.29, 1.82) is 0 Å². The van der Waals surface area contributed by atoms with Gasteiger partial charge in [-0.1, -0.05) is 130 Å². The summed E-state index contributed by atoms with van der Waals surface area (Å²) in [5.74, 6) is 1.40. The largest absolute Gasteiger partial charge is 0.0955 e. The SMILES string of the molecule is C=C(C)C1=C([C@@H](CC)Cc2ccc(Cc3ccccc3)cc2)CC(C)C(/C(C)=C/C=C\C)C=C1C(=C)CC. The average Bonchev–Trinajstić information content (AvgIpc) is 3.08. The van der Waals surface area contributed by atoms with Crippen molar-refractivity contribution in [1.82, 2.24) is 0 Å². The van der Waals surface area contributed by atoms with E-state index in [9.17, 15) is 0 Å². The first-order valence-corrected chi connectivity index (χ1v) is 14.5. The highest BCUT2D eigenvalue weighted by Gasteiger charge is 2.30. The van der Waals surface area contributed by atoms with Crippen LogP contribution in [-0.2, 0) is 12.8 Å². The first kappa shape index (κ1) is 29.4. The zero-order valence-electron chi connectivity index (χ0n) is 24.7. The molecular formula is C38H48. The Morgan fingerprint density at radius 2 is 1.58 bits per heavy atom. The second-order valence-electron chi connectivity index (χ2n) is 11.1. The van der Waals surface area contributed by atoms with Gasteiger partial charge in [0.05, 0.1) is 0 Å². The molecule has 0 heterocycles. The summed E-state index contributed by atoms with van der Waals surface area (Å²) in [6.45, 7) is 22.6. The maximum absolute atomic E-state index is 4.52. The molecule has 0 aliphatic heterocycles. The standard InChI is InChI=1S/C38H48/c1-9-12-16-29(7)35-26-36(28(6)10-2)38(27(4)5)37(23-30(35)8)34(11-3)25-33-21-19-32(20-22-33)24-31-17-14-13-15-18-31/h9,12-22,26,30,34-35H,4,6,10-11,23-25H2,1-3,5,7-8H3/b12-9-,29-16+/t30?,34-,35?/m0/s1. The van der Waals surface area contributed by atoms with Crippen LogP contribution < -0.4 is 0 Å². The van der Waals surface area contributed by atoms with Crippen molar-refractivity contribution in [3.05, 3.63) is 142 Å². The van der Waals surface area contributed by atoms with E-state index in [1.807, 2.05) is 0 Å². The summed E-state index contributed by atoms with van der Waals surface area (Å²) in [4.78, 5) is 0. The first-order chi connectivity index (χ1) is 18.3. The number of hydrogen-bond donors (Lipinski definition) is 0. The fraction of sp³-hybridized carbons (Fsp3) is 0.368. The second kappa shape index (κ2) is 14.1. The van der Waals surface area contributed by atoms with Crippen molar-refractivity contribution in [3.8, 4) is 0 Å². The first-order valence-electron chi connectivity index (χ1n) is 14.5. The van der Waals surface area contributed by atoms with Gasteiger partial charge < -0.3 is 0 Å². The molecule has 2 aromatic carbocycles. The maximum Gasteiger partial charge on any atom is 0.00151 e. The van der Waals surface area contributed by atoms with Gasteiger partial charge in [0.25, 0.3) is 0 Å². The van der Waals surface area contributed by atoms with E-state index in [-0.39, 0.29) is 0 Å². The highest BCUT2D eigenvalue weighted by atomic mass is 14.3. The monoisotopic (exact) mass is 504 g/mol. The lowest BCUT2D eigenvalue weighted by molar-refractivity contribution is 0.443. The Kier molecular flexibility index (Phi) is 11.0. The van der Waals surface area contributed by atoms with Crippen LogP contribution in [0.15, 0.2) is 125 Å². The fourth-order valence-corrected chi connectivity index (χ4v) is 5.90. The number of hydrogen-bond acceptors (Lipinski definition) is 0. The van der Waals surface area contributed by atoms with Gasteiger partial charge >= 0.3 is 0 Å². The molecule has 0 amide bonds. The molecule has 0 fully saturated rings. The van der Waals surface area contributed by atoms with Gasteiger partial charge in [0.1, 0.15) is 0 Å². The van der Waals surface area contributed by atoms with Crippen LogP contribution in [0, 0.1) is 17.8 Å². The summed E-state index contributed by atoms with van der Waals surface area (Å²) in [7, 11) is 0. The normalized spacial score (nSPS) is 19.3. The molecule has 0 nitrogen and oxygen atoms in total. The zero-order chi connectivity index (χ0) is 27.7. The van der Waals surface area contributed by atoms with Crippen LogP contribution in [0.25, 0.3) is 0 Å². The summed E-state index contributed by atoms with van der Waals surface area (Å²) in [5, 5.41) is 0. The van der Waals surface area contributed by atoms with Gasteiger partial charge in [-0.25, -0.2) is 0 Å². The Balaban J connectivity index is 1.97. The van der Waals surface area contributed by atoms with Crippen molar-refractivity contribution in [2.24, 2.45) is 17.8 Å². The smallest absolute Gasteiger partial charge is 0.00151 e. The Bertz CT molecular complexity index is 1210. The van der Waals surface area contributed by atoms with E-state index < -0.39 is 0 Å². The molecule has 0 N–H and O–H groups in total. The highest BCUT2D eigenvalue weighted by Crippen LogP contribution is 2.43. The van der Waals surface area contributed by atoms with Crippen LogP contribution in [0.4, 0.5) is 0 Å². The minimum absolute atomic E-state index is 0.395. The van der Waals surface area contributed by atoms with Crippen molar-refractivity contribution < 1.29 is 0 Å². The summed E-state index contributed by atoms with van der Waals surface area (Å²) < 4.78 is 0. The number of rotatable bonds is 11. The van der Waals surface area contributed by atoms with Crippen LogP contribution in [0.3, 0.4) is 0 Å². The summed E-state index contributed by atoms with van der Waals surface area (Å²) in [6, 6.07) is 20.0. The van der Waals surface area contributed by atoms with Crippen molar-refractivity contribution >= 4 is 0 Å². The predicted molar refractivity (Wildman–Crippen MR) is 168 cm³/mol. The van der Waals surface area contributed by atoms with Gasteiger partial charge in [0.2, 0.25) is 0 Å². The van der Waals surface area contributed by atoms with E-state index >= 15 is 0 Å². The van der Waals surface area contributed by atoms with Gasteiger partial charge in [0.15, 0.2) is 0 Å². The van der Waals surface area contributed by atoms with Crippen LogP contribution in [0.5, 0.6) is 0 Å². The van der Waals surface area contributed by atoms with Crippen LogP contribution in [0.2, 0.25) is 0 Å². The molecular weight excluding hydrogens is 456 g/mol. The molecule has 200 valence electrons. The van der Waals surface area contributed by atoms with Gasteiger partial charge in [0, 0.05) is 5.92 Å². The lowest BCUT2D eigenvalue weighted by atomic mass is 9.78. The molecule has 1 aliphatic carbocycles. The van der Waals surface area contributed by atoms with E-state index in [0.29, 0.717) is 17.8 Å². The number of allylic oxidation sites excluding steroid dienone is 10. The van der Waals surface area contributed by atoms with E-state index in [0.717, 1.165) is 32.1 Å². The number of benzene rings is 2. The Hall–Kier alpha value is -3.12. The molecule has 3 atom stereocenters. The molecule has 0 spiro atoms. The molecule has 0 radical (unpaired) electrons. The summed E-state index contributed by atoms with van der Waals surface area (Å²) in [5.41, 5.74) is 12.2. The van der Waals surface area contributed by atoms with Crippen molar-refractivity contribution in [3.63, 3.8) is 0 Å². The van der Waals surface area contributed by atoms with Crippen LogP contribution >= 0.6 is 0 Å². The Morgan fingerprint density at radius 1 is 0.947 bits per heavy atom. The minimum atomic E-state index is 0.395. The van der Waals surface area contributed by atoms with E-state index in [1.165, 1.54) is 44.6 Å². The van der Waals surface area contributed by atoms with Crippen molar-refractivity contribution in [2.75, 3.05) is 0 Å². The lowest BCUT2D eigenvalue weighted by Gasteiger charge is -2.27. The highest BCUT2D eigenvalue weighted by molar-refractivity contribution is 5.58. The molecule has 3 rings (SSSR count). The molecule has 0 bridgehead atoms. The minimum Gasteiger partial charge on any atom is -0.0955 e. The van der Waals surface area contributed by atoms with Crippen molar-refractivity contribution in [2.45, 2.75) is 73.6 Å². The molecule has 0 aromatic heterocycles. The third kappa shape index (κ3) is 7.47. The topological polar surface area (TPSA) is 0 Å². The molecule has 2 unspecified atom stereocenters. The molecule has 0 heteroatoms. The second-order valence-corrected chi connectivity index (χ2v) is 11.1. The zero-order valence-corrected chi connectivity index (χ0v) is 24.7. The van der Waals surface area contributed by atoms with Gasteiger partial charge in [-0.05, 0) is 98.1 Å². The molecule has 1 aliphatic rings. The Morgan fingerprint density at radius 3 is 2.16 bits per heavy atom. The van der Waals surface area contributed by atoms with Gasteiger partial charge in [-0.3, -0.25) is 0 Å².